The standard InChI is InChI=1S/C12H12N2OS/c15-12(6-8-16)14-11-5-1-4-10-9(11)3-2-7-13-10/h1-5,7,16H,6,8H2,(H,14,15). The summed E-state index contributed by atoms with van der Waals surface area (Å²) in [6.45, 7) is 0. The summed E-state index contributed by atoms with van der Waals surface area (Å²) < 4.78 is 0. The van der Waals surface area contributed by atoms with Gasteiger partial charge in [0, 0.05) is 18.0 Å². The molecule has 82 valence electrons. The molecule has 4 heteroatoms. The van der Waals surface area contributed by atoms with Gasteiger partial charge in [0.05, 0.1) is 11.2 Å². The van der Waals surface area contributed by atoms with Crippen molar-refractivity contribution >= 4 is 35.1 Å². The minimum Gasteiger partial charge on any atom is -0.325 e. The van der Waals surface area contributed by atoms with E-state index in [0.29, 0.717) is 12.2 Å². The van der Waals surface area contributed by atoms with Gasteiger partial charge in [-0.1, -0.05) is 6.07 Å². The van der Waals surface area contributed by atoms with Crippen LogP contribution in [0.25, 0.3) is 10.9 Å². The summed E-state index contributed by atoms with van der Waals surface area (Å²) in [7, 11) is 0. The van der Waals surface area contributed by atoms with Gasteiger partial charge in [-0.15, -0.1) is 0 Å². The van der Waals surface area contributed by atoms with Gasteiger partial charge in [0.1, 0.15) is 0 Å². The van der Waals surface area contributed by atoms with Crippen LogP contribution in [0.2, 0.25) is 0 Å². The van der Waals surface area contributed by atoms with E-state index in [1.54, 1.807) is 6.20 Å². The third kappa shape index (κ3) is 2.33. The molecule has 16 heavy (non-hydrogen) atoms. The lowest BCUT2D eigenvalue weighted by molar-refractivity contribution is -0.115. The number of rotatable bonds is 3. The fraction of sp³-hybridized carbons (Fsp3) is 0.167. The number of nitrogens with zero attached hydrogens (tertiary/aromatic N) is 1. The number of nitrogens with one attached hydrogen (secondary N) is 1. The number of thiol groups is 1. The molecule has 3 nitrogen and oxygen atoms in total. The molecule has 1 aromatic carbocycles. The summed E-state index contributed by atoms with van der Waals surface area (Å²) in [5.74, 6) is 0.529. The molecule has 1 aromatic heterocycles. The molecule has 0 unspecified atom stereocenters. The molecule has 1 N–H and O–H groups in total. The lowest BCUT2D eigenvalue weighted by Gasteiger charge is -2.07. The fourth-order valence-corrected chi connectivity index (χ4v) is 1.73. The second-order valence-electron chi connectivity index (χ2n) is 3.40. The topological polar surface area (TPSA) is 42.0 Å². The molecule has 0 aliphatic heterocycles. The van der Waals surface area contributed by atoms with Crippen LogP contribution in [-0.4, -0.2) is 16.6 Å². The summed E-state index contributed by atoms with van der Waals surface area (Å²) in [6.07, 6.45) is 2.15. The second kappa shape index (κ2) is 4.99. The van der Waals surface area contributed by atoms with Crippen molar-refractivity contribution in [1.82, 2.24) is 4.98 Å². The molecular weight excluding hydrogens is 220 g/mol. The number of aromatic nitrogens is 1. The van der Waals surface area contributed by atoms with Crippen LogP contribution in [0.5, 0.6) is 0 Å². The van der Waals surface area contributed by atoms with Gasteiger partial charge in [0.25, 0.3) is 0 Å². The highest BCUT2D eigenvalue weighted by Gasteiger charge is 2.04. The van der Waals surface area contributed by atoms with E-state index >= 15 is 0 Å². The van der Waals surface area contributed by atoms with E-state index in [-0.39, 0.29) is 5.91 Å². The molecule has 0 radical (unpaired) electrons. The van der Waals surface area contributed by atoms with Crippen LogP contribution in [0, 0.1) is 0 Å². The summed E-state index contributed by atoms with van der Waals surface area (Å²) in [5.41, 5.74) is 1.68. The molecule has 1 heterocycles. The Hall–Kier alpha value is -1.55. The summed E-state index contributed by atoms with van der Waals surface area (Å²) in [5, 5.41) is 3.81. The molecule has 0 fully saturated rings. The van der Waals surface area contributed by atoms with Crippen LogP contribution in [0.3, 0.4) is 0 Å². The quantitative estimate of drug-likeness (QED) is 0.798. The normalized spacial score (nSPS) is 10.3. The Balaban J connectivity index is 2.33. The third-order valence-electron chi connectivity index (χ3n) is 2.26. The lowest BCUT2D eigenvalue weighted by atomic mass is 10.2. The monoisotopic (exact) mass is 232 g/mol. The van der Waals surface area contributed by atoms with E-state index in [0.717, 1.165) is 16.6 Å². The maximum absolute atomic E-state index is 11.5. The van der Waals surface area contributed by atoms with Crippen LogP contribution < -0.4 is 5.32 Å². The van der Waals surface area contributed by atoms with Crippen molar-refractivity contribution in [3.63, 3.8) is 0 Å². The van der Waals surface area contributed by atoms with E-state index in [9.17, 15) is 4.79 Å². The van der Waals surface area contributed by atoms with Crippen LogP contribution in [0.15, 0.2) is 36.5 Å². The predicted octanol–water partition coefficient (Wildman–Crippen LogP) is 2.49. The van der Waals surface area contributed by atoms with Crippen molar-refractivity contribution in [2.24, 2.45) is 0 Å². The minimum atomic E-state index is -0.0219. The molecule has 2 aromatic rings. The minimum absolute atomic E-state index is 0.0219. The van der Waals surface area contributed by atoms with Crippen molar-refractivity contribution in [3.05, 3.63) is 36.5 Å². The number of carbonyl (C=O) groups excluding carboxylic acids is 1. The van der Waals surface area contributed by atoms with Crippen LogP contribution in [0.1, 0.15) is 6.42 Å². The van der Waals surface area contributed by atoms with Gasteiger partial charge in [-0.3, -0.25) is 9.78 Å². The number of benzene rings is 1. The zero-order chi connectivity index (χ0) is 11.4. The number of fused-ring (bicyclic) bond motifs is 1. The Morgan fingerprint density at radius 3 is 3.00 bits per heavy atom. The second-order valence-corrected chi connectivity index (χ2v) is 3.84. The molecule has 0 saturated heterocycles. The van der Waals surface area contributed by atoms with Gasteiger partial charge >= 0.3 is 0 Å². The Morgan fingerprint density at radius 1 is 1.31 bits per heavy atom. The number of carbonyl (C=O) groups is 1. The predicted molar refractivity (Wildman–Crippen MR) is 68.8 cm³/mol. The Morgan fingerprint density at radius 2 is 2.19 bits per heavy atom. The smallest absolute Gasteiger partial charge is 0.225 e. The summed E-state index contributed by atoms with van der Waals surface area (Å²) in [4.78, 5) is 15.7. The van der Waals surface area contributed by atoms with Crippen molar-refractivity contribution in [2.45, 2.75) is 6.42 Å². The first-order valence-electron chi connectivity index (χ1n) is 5.06. The molecule has 2 rings (SSSR count). The first-order chi connectivity index (χ1) is 7.81. The molecule has 0 atom stereocenters. The highest BCUT2D eigenvalue weighted by atomic mass is 32.1. The van der Waals surface area contributed by atoms with E-state index in [1.165, 1.54) is 0 Å². The number of amides is 1. The summed E-state index contributed by atoms with van der Waals surface area (Å²) in [6, 6.07) is 9.48. The number of anilines is 1. The Kier molecular flexibility index (Phi) is 3.41. The van der Waals surface area contributed by atoms with Crippen molar-refractivity contribution in [1.29, 1.82) is 0 Å². The molecule has 0 saturated carbocycles. The van der Waals surface area contributed by atoms with E-state index < -0.39 is 0 Å². The molecular formula is C12H12N2OS. The number of hydrogen-bond donors (Lipinski definition) is 2. The average molecular weight is 232 g/mol. The SMILES string of the molecule is O=C(CCS)Nc1cccc2ncccc12. The first-order valence-corrected chi connectivity index (χ1v) is 5.69. The third-order valence-corrected chi connectivity index (χ3v) is 2.48. The highest BCUT2D eigenvalue weighted by molar-refractivity contribution is 7.80. The van der Waals surface area contributed by atoms with Crippen molar-refractivity contribution in [3.8, 4) is 0 Å². The fourth-order valence-electron chi connectivity index (χ4n) is 1.53. The van der Waals surface area contributed by atoms with Crippen LogP contribution in [-0.2, 0) is 4.79 Å². The highest BCUT2D eigenvalue weighted by Crippen LogP contribution is 2.21. The summed E-state index contributed by atoms with van der Waals surface area (Å²) >= 11 is 4.03. The maximum atomic E-state index is 11.5. The molecule has 0 aliphatic carbocycles. The van der Waals surface area contributed by atoms with Gasteiger partial charge in [0.15, 0.2) is 0 Å². The molecule has 0 aliphatic rings. The van der Waals surface area contributed by atoms with Crippen LogP contribution >= 0.6 is 12.6 Å². The Labute approximate surface area is 99.3 Å². The average Bonchev–Trinajstić information content (AvgIpc) is 2.30. The molecule has 0 bridgehead atoms. The molecule has 0 spiro atoms. The van der Waals surface area contributed by atoms with E-state index in [4.69, 9.17) is 0 Å². The molecule has 1 amide bonds. The van der Waals surface area contributed by atoms with E-state index in [2.05, 4.69) is 22.9 Å². The number of hydrogen-bond acceptors (Lipinski definition) is 3. The van der Waals surface area contributed by atoms with E-state index in [1.807, 2.05) is 30.3 Å². The number of pyridine rings is 1. The van der Waals surface area contributed by atoms with Gasteiger partial charge in [-0.25, -0.2) is 0 Å². The first kappa shape index (κ1) is 11.0. The zero-order valence-electron chi connectivity index (χ0n) is 8.68. The van der Waals surface area contributed by atoms with Gasteiger partial charge < -0.3 is 5.32 Å². The van der Waals surface area contributed by atoms with Crippen LogP contribution in [0.4, 0.5) is 5.69 Å². The van der Waals surface area contributed by atoms with Gasteiger partial charge in [-0.05, 0) is 30.0 Å². The van der Waals surface area contributed by atoms with Gasteiger partial charge in [-0.2, -0.15) is 12.6 Å². The van der Waals surface area contributed by atoms with Crippen molar-refractivity contribution < 1.29 is 4.79 Å². The maximum Gasteiger partial charge on any atom is 0.225 e. The van der Waals surface area contributed by atoms with Crippen molar-refractivity contribution in [2.75, 3.05) is 11.1 Å². The lowest BCUT2D eigenvalue weighted by Crippen LogP contribution is -2.11. The zero-order valence-corrected chi connectivity index (χ0v) is 9.58. The Bertz CT molecular complexity index is 508. The largest absolute Gasteiger partial charge is 0.325 e. The van der Waals surface area contributed by atoms with Gasteiger partial charge in [0.2, 0.25) is 5.91 Å².